The molecule has 0 radical (unpaired) electrons. The first-order valence-corrected chi connectivity index (χ1v) is 12.9. The lowest BCUT2D eigenvalue weighted by molar-refractivity contribution is -0.163. The van der Waals surface area contributed by atoms with E-state index in [9.17, 15) is 14.0 Å². The van der Waals surface area contributed by atoms with Crippen molar-refractivity contribution in [3.05, 3.63) is 60.2 Å². The number of piperazine rings is 1. The minimum Gasteiger partial charge on any atom is -0.461 e. The zero-order valence-electron chi connectivity index (χ0n) is 21.1. The molecule has 2 saturated heterocycles. The number of cyclic esters (lactones) is 1. The zero-order valence-corrected chi connectivity index (χ0v) is 21.1. The second-order valence-electron chi connectivity index (χ2n) is 10.6. The molecule has 1 aliphatic carbocycles. The molecule has 7 heteroatoms. The van der Waals surface area contributed by atoms with Crippen LogP contribution in [0, 0.1) is 34.9 Å². The monoisotopic (exact) mass is 491 g/mol. The van der Waals surface area contributed by atoms with E-state index in [0.29, 0.717) is 19.5 Å². The molecule has 2 aromatic rings. The lowest BCUT2D eigenvalue weighted by atomic mass is 9.54. The Morgan fingerprint density at radius 1 is 1.17 bits per heavy atom. The highest BCUT2D eigenvalue weighted by Crippen LogP contribution is 2.57. The van der Waals surface area contributed by atoms with Crippen molar-refractivity contribution in [2.24, 2.45) is 29.1 Å². The fraction of sp³-hybridized carbons (Fsp3) is 0.483. The molecule has 190 valence electrons. The number of carbonyl (C=O) groups excluding carboxylic acids is 2. The second kappa shape index (κ2) is 9.77. The Hall–Kier alpha value is -3.06. The number of nitrogens with zero attached hydrogens (tertiary/aromatic N) is 2. The van der Waals surface area contributed by atoms with Crippen LogP contribution in [0.25, 0.3) is 17.2 Å². The molecule has 0 bridgehead atoms. The Labute approximate surface area is 211 Å². The van der Waals surface area contributed by atoms with Crippen LogP contribution in [0.2, 0.25) is 0 Å². The minimum absolute atomic E-state index is 0.00763. The van der Waals surface area contributed by atoms with E-state index in [1.807, 2.05) is 36.1 Å². The van der Waals surface area contributed by atoms with E-state index in [0.717, 1.165) is 29.9 Å². The molecular weight excluding hydrogens is 457 g/mol. The van der Waals surface area contributed by atoms with Gasteiger partial charge in [0, 0.05) is 43.9 Å². The van der Waals surface area contributed by atoms with Crippen LogP contribution in [-0.2, 0) is 14.3 Å². The van der Waals surface area contributed by atoms with Crippen LogP contribution >= 0.6 is 0 Å². The smallest absolute Gasteiger partial charge is 0.322 e. The van der Waals surface area contributed by atoms with Gasteiger partial charge in [-0.25, -0.2) is 4.39 Å². The van der Waals surface area contributed by atoms with Crippen LogP contribution in [0.4, 0.5) is 4.39 Å². The number of allylic oxidation sites excluding steroid dienone is 1. The molecule has 2 aliphatic heterocycles. The van der Waals surface area contributed by atoms with E-state index in [1.165, 1.54) is 12.1 Å². The molecular formula is C29H34FN3O3. The van der Waals surface area contributed by atoms with Gasteiger partial charge in [-0.05, 0) is 60.9 Å². The Bertz CT molecular complexity index is 1160. The standard InChI is InChI=1S/C29H34FN3O3/c1-18-16-29(27(34)33-13-11-31-12-14-33)26(20(3)36-28(29)35)25(19(18)2)10-9-24-8-7-22(17-32-24)21-5-4-6-23(30)15-21/h4-10,15,17-20,25-26,31H,11-14,16H2,1-3H3/b10-9+/t18?,19?,20?,25?,26?,29-/m1/s1. The average Bonchev–Trinajstić information content (AvgIpc) is 3.14. The first-order chi connectivity index (χ1) is 17.3. The summed E-state index contributed by atoms with van der Waals surface area (Å²) in [5, 5.41) is 3.28. The van der Waals surface area contributed by atoms with Crippen molar-refractivity contribution in [1.82, 2.24) is 15.2 Å². The summed E-state index contributed by atoms with van der Waals surface area (Å²) in [7, 11) is 0. The second-order valence-corrected chi connectivity index (χ2v) is 10.6. The van der Waals surface area contributed by atoms with Crippen LogP contribution in [0.1, 0.15) is 32.9 Å². The third-order valence-corrected chi connectivity index (χ3v) is 8.51. The minimum atomic E-state index is -1.13. The first-order valence-electron chi connectivity index (χ1n) is 12.9. The van der Waals surface area contributed by atoms with Crippen molar-refractivity contribution in [2.75, 3.05) is 26.2 Å². The third kappa shape index (κ3) is 4.23. The van der Waals surface area contributed by atoms with Crippen molar-refractivity contribution in [3.63, 3.8) is 0 Å². The summed E-state index contributed by atoms with van der Waals surface area (Å²) in [6.07, 6.45) is 6.02. The number of rotatable bonds is 4. The molecule has 5 unspecified atom stereocenters. The predicted octanol–water partition coefficient (Wildman–Crippen LogP) is 4.17. The molecule has 1 aromatic carbocycles. The number of halogens is 1. The van der Waals surface area contributed by atoms with Crippen molar-refractivity contribution >= 4 is 18.0 Å². The number of hydrogen-bond donors (Lipinski definition) is 1. The molecule has 1 N–H and O–H groups in total. The fourth-order valence-corrected chi connectivity index (χ4v) is 6.46. The van der Waals surface area contributed by atoms with E-state index < -0.39 is 5.41 Å². The maximum atomic E-state index is 13.9. The maximum absolute atomic E-state index is 13.9. The molecule has 36 heavy (non-hydrogen) atoms. The largest absolute Gasteiger partial charge is 0.461 e. The molecule has 6 nitrogen and oxygen atoms in total. The molecule has 5 rings (SSSR count). The molecule has 3 heterocycles. The first kappa shape index (κ1) is 24.6. The number of carbonyl (C=O) groups is 2. The molecule has 1 saturated carbocycles. The molecule has 1 aromatic heterocycles. The van der Waals surface area contributed by atoms with Crippen LogP contribution in [0.5, 0.6) is 0 Å². The summed E-state index contributed by atoms with van der Waals surface area (Å²) in [6, 6.07) is 10.3. The van der Waals surface area contributed by atoms with Gasteiger partial charge in [-0.3, -0.25) is 14.6 Å². The average molecular weight is 492 g/mol. The van der Waals surface area contributed by atoms with Gasteiger partial charge in [-0.15, -0.1) is 0 Å². The van der Waals surface area contributed by atoms with E-state index in [-0.39, 0.29) is 47.5 Å². The summed E-state index contributed by atoms with van der Waals surface area (Å²) in [5.74, 6) is -0.481. The quantitative estimate of drug-likeness (QED) is 0.513. The van der Waals surface area contributed by atoms with Crippen molar-refractivity contribution < 1.29 is 18.7 Å². The number of ether oxygens (including phenoxy) is 1. The number of amides is 1. The topological polar surface area (TPSA) is 71.5 Å². The number of hydrogen-bond acceptors (Lipinski definition) is 5. The van der Waals surface area contributed by atoms with E-state index >= 15 is 0 Å². The van der Waals surface area contributed by atoms with Gasteiger partial charge < -0.3 is 15.0 Å². The SMILES string of the molecule is CC1C[C@@]2(C(=O)N3CCNCC3)C(=O)OC(C)C2C(/C=C/c2ccc(-c3cccc(F)c3)cn2)C1C. The van der Waals surface area contributed by atoms with Crippen LogP contribution in [0.15, 0.2) is 48.7 Å². The predicted molar refractivity (Wildman–Crippen MR) is 136 cm³/mol. The summed E-state index contributed by atoms with van der Waals surface area (Å²) in [4.78, 5) is 33.7. The van der Waals surface area contributed by atoms with Gasteiger partial charge in [0.05, 0.1) is 5.69 Å². The highest BCUT2D eigenvalue weighted by Gasteiger charge is 2.67. The highest BCUT2D eigenvalue weighted by molar-refractivity contribution is 6.04. The molecule has 1 amide bonds. The highest BCUT2D eigenvalue weighted by atomic mass is 19.1. The van der Waals surface area contributed by atoms with Gasteiger partial charge in [-0.1, -0.05) is 38.1 Å². The number of esters is 1. The summed E-state index contributed by atoms with van der Waals surface area (Å²) >= 11 is 0. The number of aromatic nitrogens is 1. The normalized spacial score (nSPS) is 32.4. The molecule has 6 atom stereocenters. The van der Waals surface area contributed by atoms with Gasteiger partial charge in [-0.2, -0.15) is 0 Å². The summed E-state index contributed by atoms with van der Waals surface area (Å²) in [6.45, 7) is 8.96. The Kier molecular flexibility index (Phi) is 6.68. The molecule has 3 fully saturated rings. The van der Waals surface area contributed by atoms with Crippen molar-refractivity contribution in [3.8, 4) is 11.1 Å². The lowest BCUT2D eigenvalue weighted by Gasteiger charge is -2.48. The van der Waals surface area contributed by atoms with Crippen molar-refractivity contribution in [2.45, 2.75) is 33.3 Å². The zero-order chi connectivity index (χ0) is 25.4. The van der Waals surface area contributed by atoms with Gasteiger partial charge in [0.2, 0.25) is 5.91 Å². The van der Waals surface area contributed by atoms with E-state index in [1.54, 1.807) is 12.3 Å². The number of nitrogens with one attached hydrogen (secondary N) is 1. The van der Waals surface area contributed by atoms with Crippen LogP contribution < -0.4 is 5.32 Å². The molecule has 0 spiro atoms. The van der Waals surface area contributed by atoms with Crippen LogP contribution in [0.3, 0.4) is 0 Å². The number of benzene rings is 1. The Balaban J connectivity index is 1.44. The summed E-state index contributed by atoms with van der Waals surface area (Å²) in [5.41, 5.74) is 1.26. The summed E-state index contributed by atoms with van der Waals surface area (Å²) < 4.78 is 19.4. The number of fused-ring (bicyclic) bond motifs is 1. The maximum Gasteiger partial charge on any atom is 0.322 e. The Morgan fingerprint density at radius 2 is 1.94 bits per heavy atom. The van der Waals surface area contributed by atoms with E-state index in [4.69, 9.17) is 4.74 Å². The van der Waals surface area contributed by atoms with Gasteiger partial charge >= 0.3 is 5.97 Å². The molecule has 3 aliphatic rings. The van der Waals surface area contributed by atoms with Gasteiger partial charge in [0.1, 0.15) is 11.9 Å². The Morgan fingerprint density at radius 3 is 2.64 bits per heavy atom. The van der Waals surface area contributed by atoms with E-state index in [2.05, 4.69) is 30.2 Å². The third-order valence-electron chi connectivity index (χ3n) is 8.51. The van der Waals surface area contributed by atoms with Gasteiger partial charge in [0.25, 0.3) is 0 Å². The van der Waals surface area contributed by atoms with Crippen molar-refractivity contribution in [1.29, 1.82) is 0 Å². The van der Waals surface area contributed by atoms with Crippen LogP contribution in [-0.4, -0.2) is 54.0 Å². The number of pyridine rings is 1. The van der Waals surface area contributed by atoms with Gasteiger partial charge in [0.15, 0.2) is 5.41 Å². The fourth-order valence-electron chi connectivity index (χ4n) is 6.46. The lowest BCUT2D eigenvalue weighted by Crippen LogP contribution is -2.59.